The molecule has 2 rings (SSSR count). The first-order valence-corrected chi connectivity index (χ1v) is 5.01. The van der Waals surface area contributed by atoms with Crippen LogP contribution in [0.15, 0.2) is 17.1 Å². The predicted molar refractivity (Wildman–Crippen MR) is 55.7 cm³/mol. The molecule has 1 fully saturated rings. The third-order valence-electron chi connectivity index (χ3n) is 2.63. The van der Waals surface area contributed by atoms with Crippen LogP contribution in [0.4, 0.5) is 5.82 Å². The van der Waals surface area contributed by atoms with Gasteiger partial charge >= 0.3 is 5.69 Å². The number of hydrogen-bond donors (Lipinski definition) is 4. The Labute approximate surface area is 95.9 Å². The Morgan fingerprint density at radius 2 is 2.41 bits per heavy atom. The van der Waals surface area contributed by atoms with Gasteiger partial charge in [-0.1, -0.05) is 0 Å². The molecule has 1 aromatic rings. The van der Waals surface area contributed by atoms with E-state index in [0.29, 0.717) is 0 Å². The van der Waals surface area contributed by atoms with Gasteiger partial charge in [-0.3, -0.25) is 0 Å². The molecule has 0 unspecified atom stereocenters. The molecule has 0 aromatic carbocycles. The van der Waals surface area contributed by atoms with Crippen molar-refractivity contribution in [3.63, 3.8) is 0 Å². The van der Waals surface area contributed by atoms with Crippen molar-refractivity contribution >= 4 is 5.82 Å². The lowest BCUT2D eigenvalue weighted by molar-refractivity contribution is -0.258. The SMILES string of the molecule is Nc1ccn([C@@]2(O)C[C@H](O)[C@@H](CO)O2)c(=O)n1. The second-order valence-corrected chi connectivity index (χ2v) is 3.86. The van der Waals surface area contributed by atoms with Crippen molar-refractivity contribution in [2.24, 2.45) is 0 Å². The monoisotopic (exact) mass is 243 g/mol. The van der Waals surface area contributed by atoms with Gasteiger partial charge in [-0.05, 0) is 6.07 Å². The highest BCUT2D eigenvalue weighted by Gasteiger charge is 2.46. The van der Waals surface area contributed by atoms with E-state index in [-0.39, 0.29) is 12.2 Å². The molecule has 0 radical (unpaired) electrons. The minimum absolute atomic E-state index is 0.0205. The molecule has 0 amide bonds. The number of aromatic nitrogens is 2. The summed E-state index contributed by atoms with van der Waals surface area (Å²) in [4.78, 5) is 15.0. The maximum atomic E-state index is 11.5. The van der Waals surface area contributed by atoms with Crippen molar-refractivity contribution in [3.8, 4) is 0 Å². The summed E-state index contributed by atoms with van der Waals surface area (Å²) < 4.78 is 5.88. The fourth-order valence-corrected chi connectivity index (χ4v) is 1.77. The number of hydrogen-bond acceptors (Lipinski definition) is 7. The van der Waals surface area contributed by atoms with E-state index in [1.54, 1.807) is 0 Å². The van der Waals surface area contributed by atoms with Gasteiger partial charge in [0.25, 0.3) is 5.91 Å². The molecule has 0 saturated carbocycles. The molecule has 0 aliphatic carbocycles. The zero-order chi connectivity index (χ0) is 12.6. The van der Waals surface area contributed by atoms with Gasteiger partial charge in [-0.2, -0.15) is 4.98 Å². The Hall–Kier alpha value is -1.48. The average Bonchev–Trinajstić information content (AvgIpc) is 2.54. The van der Waals surface area contributed by atoms with Crippen LogP contribution in [-0.2, 0) is 10.6 Å². The van der Waals surface area contributed by atoms with E-state index in [1.165, 1.54) is 12.3 Å². The maximum absolute atomic E-state index is 11.5. The molecule has 94 valence electrons. The number of nitrogen functional groups attached to an aromatic ring is 1. The second-order valence-electron chi connectivity index (χ2n) is 3.86. The summed E-state index contributed by atoms with van der Waals surface area (Å²) in [6.45, 7) is -0.458. The van der Waals surface area contributed by atoms with Crippen LogP contribution in [0, 0.1) is 0 Å². The fourth-order valence-electron chi connectivity index (χ4n) is 1.77. The summed E-state index contributed by atoms with van der Waals surface area (Å²) in [5.74, 6) is -1.99. The molecule has 2 heterocycles. The lowest BCUT2D eigenvalue weighted by Crippen LogP contribution is -2.42. The van der Waals surface area contributed by atoms with E-state index >= 15 is 0 Å². The standard InChI is InChI=1S/C9H13N3O5/c10-7-1-2-12(8(15)11-7)9(16)3-5(14)6(4-13)17-9/h1-2,5-6,13-14,16H,3-4H2,(H2,10,11,15)/t5-,6+,9+/m0/s1. The van der Waals surface area contributed by atoms with Gasteiger partial charge in [0.2, 0.25) is 0 Å². The fraction of sp³-hybridized carbons (Fsp3) is 0.556. The van der Waals surface area contributed by atoms with Crippen LogP contribution in [0.25, 0.3) is 0 Å². The lowest BCUT2D eigenvalue weighted by atomic mass is 10.2. The topological polar surface area (TPSA) is 131 Å². The van der Waals surface area contributed by atoms with Gasteiger partial charge in [0, 0.05) is 6.20 Å². The van der Waals surface area contributed by atoms with Crippen LogP contribution in [0.5, 0.6) is 0 Å². The highest BCUT2D eigenvalue weighted by Crippen LogP contribution is 2.31. The van der Waals surface area contributed by atoms with Crippen molar-refractivity contribution in [1.82, 2.24) is 9.55 Å². The number of nitrogens with zero attached hydrogens (tertiary/aromatic N) is 2. The smallest absolute Gasteiger partial charge is 0.353 e. The summed E-state index contributed by atoms with van der Waals surface area (Å²) >= 11 is 0. The first-order chi connectivity index (χ1) is 7.96. The maximum Gasteiger partial charge on any atom is 0.353 e. The number of aliphatic hydroxyl groups is 3. The minimum atomic E-state index is -2.01. The third-order valence-corrected chi connectivity index (χ3v) is 2.63. The minimum Gasteiger partial charge on any atom is -0.394 e. The van der Waals surface area contributed by atoms with Crippen molar-refractivity contribution in [2.75, 3.05) is 12.3 Å². The van der Waals surface area contributed by atoms with Crippen LogP contribution in [0.1, 0.15) is 6.42 Å². The zero-order valence-electron chi connectivity index (χ0n) is 8.85. The van der Waals surface area contributed by atoms with E-state index in [1.807, 2.05) is 0 Å². The normalized spacial score (nSPS) is 32.9. The molecular formula is C9H13N3O5. The van der Waals surface area contributed by atoms with Crippen LogP contribution in [-0.4, -0.2) is 43.7 Å². The molecule has 17 heavy (non-hydrogen) atoms. The quantitative estimate of drug-likeness (QED) is 0.454. The lowest BCUT2D eigenvalue weighted by Gasteiger charge is -2.24. The molecule has 5 N–H and O–H groups in total. The number of ether oxygens (including phenoxy) is 1. The van der Waals surface area contributed by atoms with Gasteiger partial charge in [0.1, 0.15) is 11.9 Å². The van der Waals surface area contributed by atoms with E-state index in [9.17, 15) is 15.0 Å². The van der Waals surface area contributed by atoms with Gasteiger partial charge in [-0.25, -0.2) is 9.36 Å². The summed E-state index contributed by atoms with van der Waals surface area (Å²) in [6.07, 6.45) is -1.01. The van der Waals surface area contributed by atoms with Crippen molar-refractivity contribution in [2.45, 2.75) is 24.5 Å². The van der Waals surface area contributed by atoms with Crippen molar-refractivity contribution in [1.29, 1.82) is 0 Å². The van der Waals surface area contributed by atoms with Crippen LogP contribution in [0.3, 0.4) is 0 Å². The number of rotatable bonds is 2. The molecule has 0 bridgehead atoms. The molecule has 1 aliphatic rings. The van der Waals surface area contributed by atoms with E-state index in [0.717, 1.165) is 4.57 Å². The summed E-state index contributed by atoms with van der Waals surface area (Å²) in [7, 11) is 0. The van der Waals surface area contributed by atoms with E-state index in [4.69, 9.17) is 15.6 Å². The van der Waals surface area contributed by atoms with Crippen molar-refractivity contribution < 1.29 is 20.1 Å². The van der Waals surface area contributed by atoms with Gasteiger partial charge < -0.3 is 25.8 Å². The molecule has 3 atom stereocenters. The van der Waals surface area contributed by atoms with Gasteiger partial charge in [0.05, 0.1) is 19.1 Å². The Morgan fingerprint density at radius 3 is 2.94 bits per heavy atom. The molecule has 1 aromatic heterocycles. The largest absolute Gasteiger partial charge is 0.394 e. The molecule has 1 aliphatic heterocycles. The number of nitrogens with two attached hydrogens (primary N) is 1. The zero-order valence-corrected chi connectivity index (χ0v) is 8.85. The Balaban J connectivity index is 2.37. The Bertz CT molecular complexity index is 476. The first-order valence-electron chi connectivity index (χ1n) is 5.01. The van der Waals surface area contributed by atoms with Crippen LogP contribution in [0.2, 0.25) is 0 Å². The second kappa shape index (κ2) is 4.08. The first kappa shape index (κ1) is 12.0. The number of aliphatic hydroxyl groups excluding tert-OH is 2. The molecule has 1 saturated heterocycles. The Morgan fingerprint density at radius 1 is 1.71 bits per heavy atom. The molecule has 0 spiro atoms. The number of anilines is 1. The molecule has 8 heteroatoms. The third kappa shape index (κ3) is 2.03. The molecular weight excluding hydrogens is 230 g/mol. The van der Waals surface area contributed by atoms with Crippen LogP contribution < -0.4 is 11.4 Å². The Kier molecular flexibility index (Phi) is 2.87. The highest BCUT2D eigenvalue weighted by atomic mass is 16.7. The molecule has 8 nitrogen and oxygen atoms in total. The van der Waals surface area contributed by atoms with E-state index in [2.05, 4.69) is 4.98 Å². The van der Waals surface area contributed by atoms with Crippen molar-refractivity contribution in [3.05, 3.63) is 22.7 Å². The summed E-state index contributed by atoms with van der Waals surface area (Å²) in [5, 5.41) is 28.5. The highest BCUT2D eigenvalue weighted by molar-refractivity contribution is 5.23. The predicted octanol–water partition coefficient (Wildman–Crippen LogP) is -2.43. The average molecular weight is 243 g/mol. The van der Waals surface area contributed by atoms with Crippen LogP contribution >= 0.6 is 0 Å². The van der Waals surface area contributed by atoms with E-state index < -0.39 is 30.4 Å². The summed E-state index contributed by atoms with van der Waals surface area (Å²) in [6, 6.07) is 1.32. The summed E-state index contributed by atoms with van der Waals surface area (Å²) in [5.41, 5.74) is 4.52. The van der Waals surface area contributed by atoms with Gasteiger partial charge in [-0.15, -0.1) is 0 Å². The van der Waals surface area contributed by atoms with Gasteiger partial charge in [0.15, 0.2) is 0 Å².